The molecule has 2 heterocycles. The van der Waals surface area contributed by atoms with Crippen molar-refractivity contribution in [3.05, 3.63) is 46.6 Å². The molecule has 21 heavy (non-hydrogen) atoms. The van der Waals surface area contributed by atoms with Crippen LogP contribution in [0.25, 0.3) is 0 Å². The highest BCUT2D eigenvalue weighted by Gasteiger charge is 2.26. The van der Waals surface area contributed by atoms with Crippen LogP contribution in [-0.4, -0.2) is 29.5 Å². The first-order valence-corrected chi connectivity index (χ1v) is 7.11. The maximum absolute atomic E-state index is 9.21. The van der Waals surface area contributed by atoms with Crippen molar-refractivity contribution >= 4 is 17.4 Å². The summed E-state index contributed by atoms with van der Waals surface area (Å²) < 4.78 is 7.58. The van der Waals surface area contributed by atoms with E-state index in [-0.39, 0.29) is 6.10 Å². The van der Waals surface area contributed by atoms with Crippen molar-refractivity contribution in [1.29, 1.82) is 5.26 Å². The highest BCUT2D eigenvalue weighted by atomic mass is 35.5. The van der Waals surface area contributed by atoms with Crippen LogP contribution in [0.2, 0.25) is 5.02 Å². The van der Waals surface area contributed by atoms with E-state index >= 15 is 0 Å². The van der Waals surface area contributed by atoms with Crippen LogP contribution in [0.1, 0.15) is 17.2 Å². The largest absolute Gasteiger partial charge is 0.370 e. The SMILES string of the molecule is Cn1ncc(C#N)c1N1CCOC(c2ccccc2Cl)C1. The highest BCUT2D eigenvalue weighted by molar-refractivity contribution is 6.31. The van der Waals surface area contributed by atoms with Gasteiger partial charge in [-0.05, 0) is 6.07 Å². The maximum atomic E-state index is 9.21. The number of halogens is 1. The highest BCUT2D eigenvalue weighted by Crippen LogP contribution is 2.31. The number of nitrogens with zero attached hydrogens (tertiary/aromatic N) is 4. The average molecular weight is 303 g/mol. The average Bonchev–Trinajstić information content (AvgIpc) is 2.89. The van der Waals surface area contributed by atoms with Crippen LogP contribution in [0, 0.1) is 11.3 Å². The lowest BCUT2D eigenvalue weighted by atomic mass is 10.1. The minimum atomic E-state index is -0.103. The molecule has 1 saturated heterocycles. The molecule has 1 aromatic carbocycles. The molecular weight excluding hydrogens is 288 g/mol. The smallest absolute Gasteiger partial charge is 0.144 e. The number of rotatable bonds is 2. The number of anilines is 1. The van der Waals surface area contributed by atoms with Crippen molar-refractivity contribution in [2.45, 2.75) is 6.10 Å². The van der Waals surface area contributed by atoms with Gasteiger partial charge in [0.05, 0.1) is 12.8 Å². The van der Waals surface area contributed by atoms with Gasteiger partial charge < -0.3 is 9.64 Å². The fourth-order valence-electron chi connectivity index (χ4n) is 2.65. The molecule has 3 rings (SSSR count). The molecule has 0 aliphatic carbocycles. The molecular formula is C15H15ClN4O. The first-order chi connectivity index (χ1) is 10.2. The molecule has 1 aromatic heterocycles. The summed E-state index contributed by atoms with van der Waals surface area (Å²) >= 11 is 6.25. The van der Waals surface area contributed by atoms with Crippen molar-refractivity contribution in [2.75, 3.05) is 24.6 Å². The van der Waals surface area contributed by atoms with Gasteiger partial charge in [-0.25, -0.2) is 0 Å². The predicted octanol–water partition coefficient (Wildman–Crippen LogP) is 2.52. The Bertz CT molecular complexity index is 691. The molecule has 1 unspecified atom stereocenters. The number of hydrogen-bond acceptors (Lipinski definition) is 4. The Morgan fingerprint density at radius 3 is 3.00 bits per heavy atom. The Morgan fingerprint density at radius 1 is 1.43 bits per heavy atom. The molecule has 0 bridgehead atoms. The van der Waals surface area contributed by atoms with E-state index < -0.39 is 0 Å². The van der Waals surface area contributed by atoms with E-state index in [0.29, 0.717) is 23.7 Å². The third-order valence-electron chi connectivity index (χ3n) is 3.65. The van der Waals surface area contributed by atoms with Crippen LogP contribution in [0.15, 0.2) is 30.5 Å². The molecule has 0 spiro atoms. The monoisotopic (exact) mass is 302 g/mol. The van der Waals surface area contributed by atoms with Gasteiger partial charge in [-0.1, -0.05) is 29.8 Å². The lowest BCUT2D eigenvalue weighted by Crippen LogP contribution is -2.39. The molecule has 1 aliphatic heterocycles. The summed E-state index contributed by atoms with van der Waals surface area (Å²) in [5.41, 5.74) is 1.56. The molecule has 108 valence electrons. The first-order valence-electron chi connectivity index (χ1n) is 6.73. The van der Waals surface area contributed by atoms with Crippen LogP contribution in [0.3, 0.4) is 0 Å². The van der Waals surface area contributed by atoms with Gasteiger partial charge >= 0.3 is 0 Å². The van der Waals surface area contributed by atoms with Crippen molar-refractivity contribution in [2.24, 2.45) is 7.05 Å². The minimum Gasteiger partial charge on any atom is -0.370 e. The Labute approximate surface area is 128 Å². The molecule has 6 heteroatoms. The maximum Gasteiger partial charge on any atom is 0.144 e. The van der Waals surface area contributed by atoms with Gasteiger partial charge in [0.1, 0.15) is 23.6 Å². The number of morpholine rings is 1. The van der Waals surface area contributed by atoms with E-state index in [1.165, 1.54) is 0 Å². The van der Waals surface area contributed by atoms with Gasteiger partial charge in [0.25, 0.3) is 0 Å². The van der Waals surface area contributed by atoms with Crippen molar-refractivity contribution < 1.29 is 4.74 Å². The first kappa shape index (κ1) is 13.9. The Balaban J connectivity index is 1.89. The zero-order valence-electron chi connectivity index (χ0n) is 11.7. The summed E-state index contributed by atoms with van der Waals surface area (Å²) in [5, 5.41) is 14.1. The topological polar surface area (TPSA) is 54.1 Å². The van der Waals surface area contributed by atoms with Crippen LogP contribution in [0.4, 0.5) is 5.82 Å². The Morgan fingerprint density at radius 2 is 2.24 bits per heavy atom. The molecule has 2 aromatic rings. The van der Waals surface area contributed by atoms with Gasteiger partial charge in [0, 0.05) is 30.7 Å². The molecule has 5 nitrogen and oxygen atoms in total. The summed E-state index contributed by atoms with van der Waals surface area (Å²) in [4.78, 5) is 2.13. The number of hydrogen-bond donors (Lipinski definition) is 0. The fourth-order valence-corrected chi connectivity index (χ4v) is 2.91. The van der Waals surface area contributed by atoms with Crippen molar-refractivity contribution in [3.63, 3.8) is 0 Å². The van der Waals surface area contributed by atoms with E-state index in [0.717, 1.165) is 17.9 Å². The van der Waals surface area contributed by atoms with Gasteiger partial charge in [-0.15, -0.1) is 0 Å². The summed E-state index contributed by atoms with van der Waals surface area (Å²) in [7, 11) is 1.84. The Hall–Kier alpha value is -2.03. The number of nitriles is 1. The summed E-state index contributed by atoms with van der Waals surface area (Å²) in [6.45, 7) is 1.97. The normalized spacial score (nSPS) is 18.5. The number of aromatic nitrogens is 2. The number of ether oxygens (including phenoxy) is 1. The van der Waals surface area contributed by atoms with Gasteiger partial charge in [-0.2, -0.15) is 10.4 Å². The van der Waals surface area contributed by atoms with Crippen LogP contribution >= 0.6 is 11.6 Å². The van der Waals surface area contributed by atoms with Crippen LogP contribution < -0.4 is 4.90 Å². The third kappa shape index (κ3) is 2.60. The van der Waals surface area contributed by atoms with Crippen LogP contribution in [-0.2, 0) is 11.8 Å². The van der Waals surface area contributed by atoms with Crippen molar-refractivity contribution in [3.8, 4) is 6.07 Å². The van der Waals surface area contributed by atoms with Gasteiger partial charge in [0.15, 0.2) is 0 Å². The Kier molecular flexibility index (Phi) is 3.82. The van der Waals surface area contributed by atoms with E-state index in [4.69, 9.17) is 16.3 Å². The van der Waals surface area contributed by atoms with Gasteiger partial charge in [-0.3, -0.25) is 4.68 Å². The predicted molar refractivity (Wildman–Crippen MR) is 80.3 cm³/mol. The van der Waals surface area contributed by atoms with E-state index in [1.807, 2.05) is 31.3 Å². The molecule has 0 N–H and O–H groups in total. The number of aryl methyl sites for hydroxylation is 1. The number of benzene rings is 1. The molecule has 1 aliphatic rings. The molecule has 0 amide bonds. The molecule has 1 fully saturated rings. The second-order valence-corrected chi connectivity index (χ2v) is 5.35. The second-order valence-electron chi connectivity index (χ2n) is 4.94. The summed E-state index contributed by atoms with van der Waals surface area (Å²) in [6, 6.07) is 9.89. The summed E-state index contributed by atoms with van der Waals surface area (Å²) in [5.74, 6) is 0.831. The quantitative estimate of drug-likeness (QED) is 0.855. The lowest BCUT2D eigenvalue weighted by Gasteiger charge is -2.34. The zero-order valence-corrected chi connectivity index (χ0v) is 12.4. The van der Waals surface area contributed by atoms with E-state index in [1.54, 1.807) is 10.9 Å². The van der Waals surface area contributed by atoms with Gasteiger partial charge in [0.2, 0.25) is 0 Å². The molecule has 0 saturated carbocycles. The standard InChI is InChI=1S/C15H15ClN4O/c1-19-15(11(8-17)9-18-19)20-6-7-21-14(10-20)12-4-2-3-5-13(12)16/h2-5,9,14H,6-7,10H2,1H3. The summed E-state index contributed by atoms with van der Waals surface area (Å²) in [6.07, 6.45) is 1.49. The third-order valence-corrected chi connectivity index (χ3v) is 3.99. The zero-order chi connectivity index (χ0) is 14.8. The van der Waals surface area contributed by atoms with Crippen molar-refractivity contribution in [1.82, 2.24) is 9.78 Å². The molecule has 1 atom stereocenters. The lowest BCUT2D eigenvalue weighted by molar-refractivity contribution is 0.0393. The van der Waals surface area contributed by atoms with Crippen LogP contribution in [0.5, 0.6) is 0 Å². The molecule has 0 radical (unpaired) electrons. The van der Waals surface area contributed by atoms with E-state index in [9.17, 15) is 5.26 Å². The van der Waals surface area contributed by atoms with E-state index in [2.05, 4.69) is 16.1 Å². The fraction of sp³-hybridized carbons (Fsp3) is 0.333. The minimum absolute atomic E-state index is 0.103. The second kappa shape index (κ2) is 5.76.